The van der Waals surface area contributed by atoms with Crippen LogP contribution in [0.5, 0.6) is 0 Å². The number of hydrogen-bond donors (Lipinski definition) is 1. The maximum absolute atomic E-state index is 11.8. The quantitative estimate of drug-likeness (QED) is 0.770. The van der Waals surface area contributed by atoms with Gasteiger partial charge in [-0.25, -0.2) is 0 Å². The SMILES string of the molecule is CCC(NC(=O)c1ccccc1)C(C)C=O. The fraction of sp³-hybridized carbons (Fsp3) is 0.385. The Hall–Kier alpha value is -1.64. The lowest BCUT2D eigenvalue weighted by Crippen LogP contribution is -2.39. The number of nitrogens with one attached hydrogen (secondary N) is 1. The second kappa shape index (κ2) is 6.05. The number of carbonyl (C=O) groups excluding carboxylic acids is 2. The lowest BCUT2D eigenvalue weighted by molar-refractivity contribution is -0.111. The molecule has 86 valence electrons. The molecule has 0 aliphatic rings. The van der Waals surface area contributed by atoms with Crippen LogP contribution >= 0.6 is 0 Å². The third-order valence-electron chi connectivity index (χ3n) is 2.64. The third kappa shape index (κ3) is 3.19. The number of carbonyl (C=O) groups is 2. The summed E-state index contributed by atoms with van der Waals surface area (Å²) in [6.07, 6.45) is 1.62. The van der Waals surface area contributed by atoms with Gasteiger partial charge in [0.05, 0.1) is 0 Å². The Morgan fingerprint density at radius 3 is 2.50 bits per heavy atom. The molecule has 3 nitrogen and oxygen atoms in total. The van der Waals surface area contributed by atoms with Crippen LogP contribution in [0.2, 0.25) is 0 Å². The molecule has 1 aromatic rings. The predicted molar refractivity (Wildman–Crippen MR) is 63.2 cm³/mol. The molecular weight excluding hydrogens is 202 g/mol. The topological polar surface area (TPSA) is 46.2 Å². The van der Waals surface area contributed by atoms with Crippen LogP contribution in [0.4, 0.5) is 0 Å². The van der Waals surface area contributed by atoms with Gasteiger partial charge in [0.25, 0.3) is 5.91 Å². The van der Waals surface area contributed by atoms with E-state index in [4.69, 9.17) is 0 Å². The molecule has 0 bridgehead atoms. The minimum atomic E-state index is -0.155. The minimum Gasteiger partial charge on any atom is -0.349 e. The molecule has 2 atom stereocenters. The minimum absolute atomic E-state index is 0.0924. The molecule has 0 radical (unpaired) electrons. The van der Waals surface area contributed by atoms with Gasteiger partial charge in [0, 0.05) is 17.5 Å². The summed E-state index contributed by atoms with van der Waals surface area (Å²) in [5.41, 5.74) is 0.624. The highest BCUT2D eigenvalue weighted by Crippen LogP contribution is 2.06. The first-order valence-corrected chi connectivity index (χ1v) is 5.50. The van der Waals surface area contributed by atoms with Gasteiger partial charge in [-0.15, -0.1) is 0 Å². The summed E-state index contributed by atoms with van der Waals surface area (Å²) in [7, 11) is 0. The van der Waals surface area contributed by atoms with Crippen LogP contribution in [-0.4, -0.2) is 18.2 Å². The van der Waals surface area contributed by atoms with Crippen LogP contribution in [0.1, 0.15) is 30.6 Å². The Kier molecular flexibility index (Phi) is 4.70. The fourth-order valence-corrected chi connectivity index (χ4v) is 1.54. The summed E-state index contributed by atoms with van der Waals surface area (Å²) in [4.78, 5) is 22.5. The molecule has 3 heteroatoms. The highest BCUT2D eigenvalue weighted by atomic mass is 16.1. The second-order valence-corrected chi connectivity index (χ2v) is 3.85. The van der Waals surface area contributed by atoms with E-state index in [2.05, 4.69) is 5.32 Å². The van der Waals surface area contributed by atoms with Crippen molar-refractivity contribution in [3.8, 4) is 0 Å². The third-order valence-corrected chi connectivity index (χ3v) is 2.64. The summed E-state index contributed by atoms with van der Waals surface area (Å²) in [5.74, 6) is -0.279. The number of rotatable bonds is 5. The molecule has 0 aliphatic heterocycles. The standard InChI is InChI=1S/C13H17NO2/c1-3-12(10(2)9-15)14-13(16)11-7-5-4-6-8-11/h4-10,12H,3H2,1-2H3,(H,14,16). The van der Waals surface area contributed by atoms with E-state index in [1.165, 1.54) is 0 Å². The van der Waals surface area contributed by atoms with Gasteiger partial charge in [-0.2, -0.15) is 0 Å². The second-order valence-electron chi connectivity index (χ2n) is 3.85. The van der Waals surface area contributed by atoms with E-state index in [1.54, 1.807) is 12.1 Å². The zero-order valence-corrected chi connectivity index (χ0v) is 9.64. The summed E-state index contributed by atoms with van der Waals surface area (Å²) in [5, 5.41) is 2.86. The molecule has 1 aromatic carbocycles. The molecule has 0 heterocycles. The molecule has 16 heavy (non-hydrogen) atoms. The first kappa shape index (κ1) is 12.4. The van der Waals surface area contributed by atoms with Crippen molar-refractivity contribution in [2.75, 3.05) is 0 Å². The van der Waals surface area contributed by atoms with E-state index in [1.807, 2.05) is 32.0 Å². The van der Waals surface area contributed by atoms with Crippen LogP contribution in [0.15, 0.2) is 30.3 Å². The van der Waals surface area contributed by atoms with Crippen molar-refractivity contribution in [1.82, 2.24) is 5.32 Å². The average molecular weight is 219 g/mol. The molecular formula is C13H17NO2. The van der Waals surface area contributed by atoms with Gasteiger partial charge >= 0.3 is 0 Å². The van der Waals surface area contributed by atoms with E-state index in [-0.39, 0.29) is 17.9 Å². The van der Waals surface area contributed by atoms with Crippen LogP contribution in [-0.2, 0) is 4.79 Å². The molecule has 0 saturated carbocycles. The number of benzene rings is 1. The highest BCUT2D eigenvalue weighted by molar-refractivity contribution is 5.94. The Labute approximate surface area is 95.9 Å². The lowest BCUT2D eigenvalue weighted by atomic mass is 10.0. The Morgan fingerprint density at radius 1 is 1.38 bits per heavy atom. The summed E-state index contributed by atoms with van der Waals surface area (Å²) in [6, 6.07) is 8.92. The summed E-state index contributed by atoms with van der Waals surface area (Å²) >= 11 is 0. The smallest absolute Gasteiger partial charge is 0.251 e. The molecule has 0 spiro atoms. The zero-order chi connectivity index (χ0) is 12.0. The predicted octanol–water partition coefficient (Wildman–Crippen LogP) is 2.03. The van der Waals surface area contributed by atoms with E-state index >= 15 is 0 Å². The summed E-state index contributed by atoms with van der Waals surface area (Å²) < 4.78 is 0. The van der Waals surface area contributed by atoms with Gasteiger partial charge in [-0.1, -0.05) is 32.0 Å². The zero-order valence-electron chi connectivity index (χ0n) is 9.64. The van der Waals surface area contributed by atoms with E-state index < -0.39 is 0 Å². The van der Waals surface area contributed by atoms with Crippen LogP contribution in [0, 0.1) is 5.92 Å². The van der Waals surface area contributed by atoms with E-state index in [9.17, 15) is 9.59 Å². The van der Waals surface area contributed by atoms with Gasteiger partial charge in [-0.05, 0) is 18.6 Å². The van der Waals surface area contributed by atoms with Crippen molar-refractivity contribution in [3.05, 3.63) is 35.9 Å². The largest absolute Gasteiger partial charge is 0.349 e. The first-order valence-electron chi connectivity index (χ1n) is 5.50. The van der Waals surface area contributed by atoms with Crippen molar-refractivity contribution >= 4 is 12.2 Å². The van der Waals surface area contributed by atoms with E-state index in [0.717, 1.165) is 12.7 Å². The number of aldehydes is 1. The maximum Gasteiger partial charge on any atom is 0.251 e. The molecule has 0 saturated heterocycles. The highest BCUT2D eigenvalue weighted by Gasteiger charge is 2.17. The van der Waals surface area contributed by atoms with Gasteiger partial charge in [0.15, 0.2) is 0 Å². The Balaban J connectivity index is 2.66. The normalized spacial score (nSPS) is 13.9. The fourth-order valence-electron chi connectivity index (χ4n) is 1.54. The Morgan fingerprint density at radius 2 is 2.00 bits per heavy atom. The van der Waals surface area contributed by atoms with Gasteiger partial charge in [0.2, 0.25) is 0 Å². The van der Waals surface area contributed by atoms with Crippen molar-refractivity contribution in [3.63, 3.8) is 0 Å². The Bertz CT molecular complexity index is 348. The molecule has 0 aromatic heterocycles. The van der Waals surface area contributed by atoms with Crippen molar-refractivity contribution < 1.29 is 9.59 Å². The lowest BCUT2D eigenvalue weighted by Gasteiger charge is -2.19. The van der Waals surface area contributed by atoms with Crippen molar-refractivity contribution in [2.24, 2.45) is 5.92 Å². The molecule has 1 rings (SSSR count). The molecule has 1 amide bonds. The van der Waals surface area contributed by atoms with E-state index in [0.29, 0.717) is 5.56 Å². The van der Waals surface area contributed by atoms with Crippen LogP contribution in [0.25, 0.3) is 0 Å². The monoisotopic (exact) mass is 219 g/mol. The first-order chi connectivity index (χ1) is 7.69. The van der Waals surface area contributed by atoms with Crippen LogP contribution < -0.4 is 5.32 Å². The molecule has 1 N–H and O–H groups in total. The van der Waals surface area contributed by atoms with Crippen LogP contribution in [0.3, 0.4) is 0 Å². The van der Waals surface area contributed by atoms with Crippen molar-refractivity contribution in [1.29, 1.82) is 0 Å². The molecule has 2 unspecified atom stereocenters. The molecule has 0 aliphatic carbocycles. The molecule has 0 fully saturated rings. The van der Waals surface area contributed by atoms with Crippen molar-refractivity contribution in [2.45, 2.75) is 26.3 Å². The average Bonchev–Trinajstić information content (AvgIpc) is 2.35. The van der Waals surface area contributed by atoms with Gasteiger partial charge in [-0.3, -0.25) is 4.79 Å². The summed E-state index contributed by atoms with van der Waals surface area (Å²) in [6.45, 7) is 3.77. The van der Waals surface area contributed by atoms with Gasteiger partial charge < -0.3 is 10.1 Å². The number of hydrogen-bond acceptors (Lipinski definition) is 2. The van der Waals surface area contributed by atoms with Gasteiger partial charge in [0.1, 0.15) is 6.29 Å². The maximum atomic E-state index is 11.8. The number of amides is 1.